The predicted octanol–water partition coefficient (Wildman–Crippen LogP) is 0.978. The van der Waals surface area contributed by atoms with E-state index >= 15 is 0 Å². The van der Waals surface area contributed by atoms with Crippen LogP contribution in [-0.2, 0) is 13.1 Å². The fraction of sp³-hybridized carbons (Fsp3) is 0.357. The Bertz CT molecular complexity index is 737. The molecule has 3 heterocycles. The first-order chi connectivity index (χ1) is 10.1. The van der Waals surface area contributed by atoms with Crippen molar-refractivity contribution in [1.82, 2.24) is 4.57 Å². The zero-order valence-corrected chi connectivity index (χ0v) is 12.4. The Labute approximate surface area is 125 Å². The maximum absolute atomic E-state index is 11.9. The van der Waals surface area contributed by atoms with Gasteiger partial charge in [0, 0.05) is 29.0 Å². The smallest absolute Gasteiger partial charge is 0.285 e. The predicted molar refractivity (Wildman–Crippen MR) is 79.6 cm³/mol. The quantitative estimate of drug-likeness (QED) is 0.679. The van der Waals surface area contributed by atoms with Gasteiger partial charge in [-0.15, -0.1) is 11.3 Å². The van der Waals surface area contributed by atoms with Crippen molar-refractivity contribution in [2.45, 2.75) is 26.1 Å². The number of pyridine rings is 1. The first-order valence-corrected chi connectivity index (χ1v) is 7.70. The minimum atomic E-state index is -0.470. The molecule has 7 heteroatoms. The third-order valence-corrected chi connectivity index (χ3v) is 5.08. The molecule has 0 aromatic carbocycles. The van der Waals surface area contributed by atoms with Gasteiger partial charge in [-0.1, -0.05) is 0 Å². The molecule has 6 nitrogen and oxygen atoms in total. The highest BCUT2D eigenvalue weighted by Crippen LogP contribution is 2.24. The molecule has 0 saturated carbocycles. The Morgan fingerprint density at radius 1 is 1.48 bits per heavy atom. The van der Waals surface area contributed by atoms with E-state index in [1.54, 1.807) is 11.3 Å². The van der Waals surface area contributed by atoms with Crippen LogP contribution in [0.25, 0.3) is 0 Å². The number of quaternary nitrogens is 1. The van der Waals surface area contributed by atoms with Crippen molar-refractivity contribution < 1.29 is 9.82 Å². The highest BCUT2D eigenvalue weighted by atomic mass is 32.1. The van der Waals surface area contributed by atoms with Crippen molar-refractivity contribution in [3.63, 3.8) is 0 Å². The van der Waals surface area contributed by atoms with Gasteiger partial charge < -0.3 is 4.90 Å². The van der Waals surface area contributed by atoms with Crippen LogP contribution in [0.3, 0.4) is 0 Å². The number of rotatable bonds is 3. The number of nitrogens with one attached hydrogen (secondary N) is 1. The van der Waals surface area contributed by atoms with Crippen molar-refractivity contribution in [3.8, 4) is 0 Å². The van der Waals surface area contributed by atoms with Crippen LogP contribution >= 0.6 is 11.3 Å². The number of fused-ring (bicyclic) bond motifs is 1. The molecule has 2 atom stereocenters. The minimum absolute atomic E-state index is 0.0464. The second-order valence-electron chi connectivity index (χ2n) is 5.29. The Kier molecular flexibility index (Phi) is 3.60. The summed E-state index contributed by atoms with van der Waals surface area (Å²) < 4.78 is 1.45. The van der Waals surface area contributed by atoms with Gasteiger partial charge >= 0.3 is 0 Å². The number of nitro groups is 1. The molecule has 1 aliphatic rings. The van der Waals surface area contributed by atoms with Gasteiger partial charge in [0.15, 0.2) is 6.67 Å². The normalized spacial score (nSPS) is 21.0. The highest BCUT2D eigenvalue weighted by molar-refractivity contribution is 7.10. The molecule has 0 fully saturated rings. The molecule has 0 amide bonds. The lowest BCUT2D eigenvalue weighted by Gasteiger charge is -2.30. The van der Waals surface area contributed by atoms with Crippen LogP contribution in [-0.4, -0.2) is 16.0 Å². The van der Waals surface area contributed by atoms with Gasteiger partial charge in [0.1, 0.15) is 6.04 Å². The maximum Gasteiger partial charge on any atom is 0.285 e. The summed E-state index contributed by atoms with van der Waals surface area (Å²) >= 11 is 1.78. The third kappa shape index (κ3) is 2.62. The molecule has 2 aromatic rings. The van der Waals surface area contributed by atoms with Crippen LogP contribution in [0.1, 0.15) is 23.4 Å². The molecule has 0 saturated heterocycles. The minimum Gasteiger partial charge on any atom is -0.311 e. The molecule has 1 unspecified atom stereocenters. The van der Waals surface area contributed by atoms with Gasteiger partial charge in [-0.2, -0.15) is 0 Å². The molecule has 3 rings (SSSR count). The summed E-state index contributed by atoms with van der Waals surface area (Å²) in [5, 5.41) is 12.9. The molecule has 1 aliphatic heterocycles. The average Bonchev–Trinajstić information content (AvgIpc) is 2.93. The summed E-state index contributed by atoms with van der Waals surface area (Å²) in [6.07, 6.45) is 2.33. The van der Waals surface area contributed by atoms with E-state index in [9.17, 15) is 14.9 Å². The van der Waals surface area contributed by atoms with E-state index in [4.69, 9.17) is 0 Å². The number of hydrogen-bond acceptors (Lipinski definition) is 4. The summed E-state index contributed by atoms with van der Waals surface area (Å²) in [4.78, 5) is 24.9. The molecule has 0 spiro atoms. The number of thiophene rings is 1. The SMILES string of the molecule is C[C@H]1c2ccsc2CC[NH+]1Cn1cc([N+](=O)[O-])ccc1=O. The number of nitrogens with zero attached hydrogens (tertiary/aromatic N) is 2. The topological polar surface area (TPSA) is 69.6 Å². The van der Waals surface area contributed by atoms with Crippen LogP contribution in [0.2, 0.25) is 0 Å². The first kappa shape index (κ1) is 14.0. The third-order valence-electron chi connectivity index (χ3n) is 4.08. The van der Waals surface area contributed by atoms with Gasteiger partial charge in [0.2, 0.25) is 0 Å². The average molecular weight is 306 g/mol. The van der Waals surface area contributed by atoms with E-state index in [-0.39, 0.29) is 11.2 Å². The lowest BCUT2D eigenvalue weighted by Crippen LogP contribution is -3.12. The van der Waals surface area contributed by atoms with Crippen molar-refractivity contribution in [3.05, 3.63) is 60.7 Å². The summed E-state index contributed by atoms with van der Waals surface area (Å²) in [5.74, 6) is 0. The van der Waals surface area contributed by atoms with Gasteiger partial charge in [-0.3, -0.25) is 19.5 Å². The zero-order chi connectivity index (χ0) is 15.0. The van der Waals surface area contributed by atoms with Crippen LogP contribution < -0.4 is 10.5 Å². The second kappa shape index (κ2) is 5.42. The Hall–Kier alpha value is -1.99. The van der Waals surface area contributed by atoms with Crippen LogP contribution in [0.15, 0.2) is 34.6 Å². The van der Waals surface area contributed by atoms with E-state index in [0.29, 0.717) is 12.7 Å². The molecular formula is C14H16N3O3S+. The molecule has 2 aromatic heterocycles. The van der Waals surface area contributed by atoms with Gasteiger partial charge in [-0.05, 0) is 18.4 Å². The van der Waals surface area contributed by atoms with Crippen molar-refractivity contribution in [2.75, 3.05) is 6.54 Å². The summed E-state index contributed by atoms with van der Waals surface area (Å²) in [7, 11) is 0. The molecule has 0 bridgehead atoms. The molecule has 0 aliphatic carbocycles. The Morgan fingerprint density at radius 2 is 2.29 bits per heavy atom. The van der Waals surface area contributed by atoms with Crippen LogP contribution in [0.4, 0.5) is 5.69 Å². The van der Waals surface area contributed by atoms with E-state index < -0.39 is 4.92 Å². The molecule has 110 valence electrons. The first-order valence-electron chi connectivity index (χ1n) is 6.82. The van der Waals surface area contributed by atoms with Crippen molar-refractivity contribution >= 4 is 17.0 Å². The van der Waals surface area contributed by atoms with Crippen molar-refractivity contribution in [2.24, 2.45) is 0 Å². The lowest BCUT2D eigenvalue weighted by atomic mass is 10.0. The zero-order valence-electron chi connectivity index (χ0n) is 11.6. The fourth-order valence-electron chi connectivity index (χ4n) is 2.84. The van der Waals surface area contributed by atoms with Crippen LogP contribution in [0.5, 0.6) is 0 Å². The van der Waals surface area contributed by atoms with Gasteiger partial charge in [0.05, 0.1) is 17.7 Å². The van der Waals surface area contributed by atoms with E-state index in [1.807, 2.05) is 0 Å². The molecule has 0 radical (unpaired) electrons. The van der Waals surface area contributed by atoms with E-state index in [0.717, 1.165) is 13.0 Å². The standard InChI is InChI=1S/C14H15N3O3S/c1-10-12-5-7-21-13(12)4-6-15(10)9-16-8-11(17(19)20)2-3-14(16)18/h2-3,5,7-8,10H,4,6,9H2,1H3/p+1/t10-/m0/s1. The fourth-order valence-corrected chi connectivity index (χ4v) is 3.81. The molecule has 1 N–H and O–H groups in total. The molecule has 21 heavy (non-hydrogen) atoms. The highest BCUT2D eigenvalue weighted by Gasteiger charge is 2.28. The molecular weight excluding hydrogens is 290 g/mol. The summed E-state index contributed by atoms with van der Waals surface area (Å²) in [6.45, 7) is 3.53. The maximum atomic E-state index is 11.9. The van der Waals surface area contributed by atoms with Gasteiger partial charge in [-0.25, -0.2) is 0 Å². The van der Waals surface area contributed by atoms with E-state index in [2.05, 4.69) is 18.4 Å². The van der Waals surface area contributed by atoms with Gasteiger partial charge in [0.25, 0.3) is 11.2 Å². The number of hydrogen-bond donors (Lipinski definition) is 1. The monoisotopic (exact) mass is 306 g/mol. The summed E-state index contributed by atoms with van der Waals surface area (Å²) in [5.41, 5.74) is 1.09. The summed E-state index contributed by atoms with van der Waals surface area (Å²) in [6, 6.07) is 4.96. The second-order valence-corrected chi connectivity index (χ2v) is 6.29. The Morgan fingerprint density at radius 3 is 3.05 bits per heavy atom. The van der Waals surface area contributed by atoms with E-state index in [1.165, 1.54) is 38.2 Å². The van der Waals surface area contributed by atoms with Crippen LogP contribution in [0, 0.1) is 10.1 Å². The van der Waals surface area contributed by atoms with Crippen molar-refractivity contribution in [1.29, 1.82) is 0 Å². The lowest BCUT2D eigenvalue weighted by molar-refractivity contribution is -0.953. The largest absolute Gasteiger partial charge is 0.311 e. The number of aromatic nitrogens is 1. The Balaban J connectivity index is 1.86.